The van der Waals surface area contributed by atoms with Crippen molar-refractivity contribution in [3.8, 4) is 0 Å². The van der Waals surface area contributed by atoms with Crippen molar-refractivity contribution in [1.29, 1.82) is 0 Å². The lowest BCUT2D eigenvalue weighted by molar-refractivity contribution is 0.122. The summed E-state index contributed by atoms with van der Waals surface area (Å²) in [6.45, 7) is 12.5. The number of halogens is 2. The molecule has 1 aromatic carbocycles. The zero-order valence-corrected chi connectivity index (χ0v) is 17.7. The summed E-state index contributed by atoms with van der Waals surface area (Å²) in [5.41, 5.74) is 0.496. The molecule has 3 nitrogen and oxygen atoms in total. The summed E-state index contributed by atoms with van der Waals surface area (Å²) in [6.07, 6.45) is 3.97. The third-order valence-corrected chi connectivity index (χ3v) is 8.29. The van der Waals surface area contributed by atoms with Crippen LogP contribution in [0.15, 0.2) is 18.2 Å². The van der Waals surface area contributed by atoms with Crippen LogP contribution in [0.4, 0.5) is 14.5 Å². The van der Waals surface area contributed by atoms with Gasteiger partial charge in [-0.15, -0.1) is 0 Å². The third kappa shape index (κ3) is 4.85. The van der Waals surface area contributed by atoms with Crippen LogP contribution in [0.1, 0.15) is 46.1 Å². The highest BCUT2D eigenvalue weighted by atomic mass is 28.3. The van der Waals surface area contributed by atoms with Crippen LogP contribution in [0.5, 0.6) is 0 Å². The average Bonchev–Trinajstić information content (AvgIpc) is 2.59. The van der Waals surface area contributed by atoms with Gasteiger partial charge in [0.05, 0.1) is 13.2 Å². The van der Waals surface area contributed by atoms with Crippen LogP contribution < -0.4 is 4.90 Å². The lowest BCUT2D eigenvalue weighted by atomic mass is 10.1. The van der Waals surface area contributed by atoms with Gasteiger partial charge in [0.25, 0.3) is 0 Å². The maximum Gasteiger partial charge on any atom is 0.238 e. The topological polar surface area (TPSA) is 21.7 Å². The Bertz CT molecular complexity index is 620. The Balaban J connectivity index is 2.23. The molecular formula is C20H31F2NO2Si. The van der Waals surface area contributed by atoms with Gasteiger partial charge in [-0.3, -0.25) is 0 Å². The Labute approximate surface area is 157 Å². The van der Waals surface area contributed by atoms with Gasteiger partial charge in [0, 0.05) is 18.7 Å². The number of nitrogens with zero attached hydrogens (tertiary/aromatic N) is 1. The van der Waals surface area contributed by atoms with Crippen molar-refractivity contribution in [3.05, 3.63) is 35.4 Å². The second-order valence-electron chi connectivity index (χ2n) is 7.54. The van der Waals surface area contributed by atoms with Crippen LogP contribution >= 0.6 is 0 Å². The lowest BCUT2D eigenvalue weighted by Gasteiger charge is -2.32. The minimum atomic E-state index is -1.59. The second-order valence-corrected chi connectivity index (χ2v) is 10.6. The number of anilines is 1. The summed E-state index contributed by atoms with van der Waals surface area (Å²) in [5.74, 6) is -0.529. The molecule has 1 aliphatic heterocycles. The molecular weight excluding hydrogens is 352 g/mol. The molecule has 1 saturated heterocycles. The lowest BCUT2D eigenvalue weighted by Crippen LogP contribution is -2.37. The number of hydrogen-bond acceptors (Lipinski definition) is 3. The van der Waals surface area contributed by atoms with Crippen LogP contribution in [0.25, 0.3) is 5.76 Å². The van der Waals surface area contributed by atoms with Crippen LogP contribution in [-0.2, 0) is 9.16 Å². The first-order valence-electron chi connectivity index (χ1n) is 9.45. The van der Waals surface area contributed by atoms with Crippen molar-refractivity contribution in [3.63, 3.8) is 0 Å². The van der Waals surface area contributed by atoms with Crippen molar-refractivity contribution in [2.24, 2.45) is 0 Å². The fourth-order valence-electron chi connectivity index (χ4n) is 3.30. The van der Waals surface area contributed by atoms with Gasteiger partial charge in [-0.25, -0.2) is 8.78 Å². The van der Waals surface area contributed by atoms with E-state index >= 15 is 0 Å². The number of ether oxygens (including phenoxy) is 1. The summed E-state index contributed by atoms with van der Waals surface area (Å²) < 4.78 is 40.9. The van der Waals surface area contributed by atoms with Gasteiger partial charge in [0.2, 0.25) is 9.04 Å². The Morgan fingerprint density at radius 1 is 1.27 bits per heavy atom. The highest BCUT2D eigenvalue weighted by Crippen LogP contribution is 2.37. The molecule has 1 unspecified atom stereocenters. The Morgan fingerprint density at radius 2 is 1.85 bits per heavy atom. The zero-order chi connectivity index (χ0) is 19.3. The summed E-state index contributed by atoms with van der Waals surface area (Å²) in [4.78, 5) is 1.70. The number of morpholine rings is 1. The quantitative estimate of drug-likeness (QED) is 0.482. The molecule has 0 aliphatic carbocycles. The predicted molar refractivity (Wildman–Crippen MR) is 106 cm³/mol. The molecule has 0 saturated carbocycles. The standard InChI is InChI=1S/C20H31F2NO2Si/c1-6-8-20(3,4)26(5)25-18(7-2)15-13-16(21)19(17(22)14-15)23-9-11-24-12-10-23/h7,13-14,26H,6,8-12H2,1-5H3/b18-7+. The van der Waals surface area contributed by atoms with Crippen LogP contribution in [0, 0.1) is 11.6 Å². The van der Waals surface area contributed by atoms with E-state index in [0.29, 0.717) is 37.6 Å². The van der Waals surface area contributed by atoms with Crippen molar-refractivity contribution in [2.75, 3.05) is 31.2 Å². The first-order valence-corrected chi connectivity index (χ1v) is 11.7. The minimum absolute atomic E-state index is 0.0316. The first kappa shape index (κ1) is 20.9. The molecule has 1 fully saturated rings. The summed E-state index contributed by atoms with van der Waals surface area (Å²) in [5, 5.41) is 0.119. The molecule has 6 heteroatoms. The van der Waals surface area contributed by atoms with E-state index in [1.54, 1.807) is 11.0 Å². The average molecular weight is 384 g/mol. The second kappa shape index (κ2) is 9.00. The van der Waals surface area contributed by atoms with Gasteiger partial charge >= 0.3 is 0 Å². The molecule has 0 N–H and O–H groups in total. The Kier molecular flexibility index (Phi) is 7.23. The van der Waals surface area contributed by atoms with E-state index in [1.165, 1.54) is 12.1 Å². The van der Waals surface area contributed by atoms with Crippen LogP contribution in [0.3, 0.4) is 0 Å². The van der Waals surface area contributed by atoms with Crippen molar-refractivity contribution in [1.82, 2.24) is 0 Å². The van der Waals surface area contributed by atoms with Crippen molar-refractivity contribution in [2.45, 2.75) is 52.1 Å². The van der Waals surface area contributed by atoms with Crippen LogP contribution in [-0.4, -0.2) is 35.3 Å². The molecule has 0 bridgehead atoms. The van der Waals surface area contributed by atoms with E-state index < -0.39 is 20.7 Å². The molecule has 1 heterocycles. The molecule has 2 rings (SSSR count). The highest BCUT2D eigenvalue weighted by molar-refractivity contribution is 6.54. The smallest absolute Gasteiger partial charge is 0.238 e. The maximum absolute atomic E-state index is 14.7. The number of allylic oxidation sites excluding steroid dienone is 1. The van der Waals surface area contributed by atoms with E-state index in [9.17, 15) is 8.78 Å². The molecule has 26 heavy (non-hydrogen) atoms. The van der Waals surface area contributed by atoms with Crippen molar-refractivity contribution >= 4 is 20.5 Å². The summed E-state index contributed by atoms with van der Waals surface area (Å²) >= 11 is 0. The van der Waals surface area contributed by atoms with E-state index in [-0.39, 0.29) is 10.7 Å². The number of hydrogen-bond donors (Lipinski definition) is 0. The highest BCUT2D eigenvalue weighted by Gasteiger charge is 2.30. The van der Waals surface area contributed by atoms with Gasteiger partial charge in [0.15, 0.2) is 0 Å². The van der Waals surface area contributed by atoms with E-state index in [1.807, 2.05) is 6.92 Å². The molecule has 0 amide bonds. The van der Waals surface area contributed by atoms with Gasteiger partial charge in [-0.1, -0.05) is 27.2 Å². The normalized spacial score (nSPS) is 17.3. The minimum Gasteiger partial charge on any atom is -0.546 e. The van der Waals surface area contributed by atoms with E-state index in [2.05, 4.69) is 27.3 Å². The van der Waals surface area contributed by atoms with Gasteiger partial charge in [0.1, 0.15) is 23.1 Å². The molecule has 1 aliphatic rings. The van der Waals surface area contributed by atoms with Gasteiger partial charge in [-0.2, -0.15) is 0 Å². The monoisotopic (exact) mass is 383 g/mol. The molecule has 1 aromatic rings. The molecule has 1 atom stereocenters. The summed E-state index contributed by atoms with van der Waals surface area (Å²) in [6, 6.07) is 2.77. The Morgan fingerprint density at radius 3 is 2.35 bits per heavy atom. The van der Waals surface area contributed by atoms with E-state index in [4.69, 9.17) is 9.16 Å². The zero-order valence-electron chi connectivity index (χ0n) is 16.6. The SMILES string of the molecule is C/C=C(/O[SiH](C)C(C)(C)CCC)c1cc(F)c(N2CCOCC2)c(F)c1. The number of benzene rings is 1. The predicted octanol–water partition coefficient (Wildman–Crippen LogP) is 5.11. The number of rotatable bonds is 7. The molecule has 0 radical (unpaired) electrons. The molecule has 146 valence electrons. The fourth-order valence-corrected chi connectivity index (χ4v) is 4.96. The maximum atomic E-state index is 14.7. The third-order valence-electron chi connectivity index (χ3n) is 5.19. The van der Waals surface area contributed by atoms with Gasteiger partial charge < -0.3 is 14.1 Å². The first-order chi connectivity index (χ1) is 12.3. The van der Waals surface area contributed by atoms with E-state index in [0.717, 1.165) is 12.8 Å². The van der Waals surface area contributed by atoms with Crippen LogP contribution in [0.2, 0.25) is 11.6 Å². The molecule has 0 spiro atoms. The fraction of sp³-hybridized carbons (Fsp3) is 0.600. The summed E-state index contributed by atoms with van der Waals surface area (Å²) in [7, 11) is -1.59. The van der Waals surface area contributed by atoms with Gasteiger partial charge in [-0.05, 0) is 43.1 Å². The largest absolute Gasteiger partial charge is 0.546 e. The van der Waals surface area contributed by atoms with Crippen molar-refractivity contribution < 1.29 is 17.9 Å². The molecule has 0 aromatic heterocycles. The Hall–Kier alpha value is -1.40.